The van der Waals surface area contributed by atoms with E-state index in [0.29, 0.717) is 32.4 Å². The lowest BCUT2D eigenvalue weighted by atomic mass is 9.93. The number of rotatable bonds is 4. The second-order valence-corrected chi connectivity index (χ2v) is 9.18. The number of thioether (sulfide) groups is 1. The zero-order chi connectivity index (χ0) is 13.2. The summed E-state index contributed by atoms with van der Waals surface area (Å²) in [5.74, 6) is 2.04. The van der Waals surface area contributed by atoms with Crippen molar-refractivity contribution >= 4 is 21.6 Å². The zero-order valence-corrected chi connectivity index (χ0v) is 12.6. The summed E-state index contributed by atoms with van der Waals surface area (Å²) in [6.45, 7) is 2.80. The average Bonchev–Trinajstić information content (AvgIpc) is 2.77. The van der Waals surface area contributed by atoms with Crippen molar-refractivity contribution in [2.24, 2.45) is 5.73 Å². The normalized spacial score (nSPS) is 34.9. The Balaban J connectivity index is 2.08. The second kappa shape index (κ2) is 5.69. The molecule has 4 nitrogen and oxygen atoms in total. The van der Waals surface area contributed by atoms with Gasteiger partial charge in [-0.15, -0.1) is 0 Å². The molecule has 6 heteroatoms. The molecule has 1 spiro atoms. The summed E-state index contributed by atoms with van der Waals surface area (Å²) in [5, 5.41) is -0.553. The number of ether oxygens (including phenoxy) is 1. The van der Waals surface area contributed by atoms with E-state index in [-0.39, 0.29) is 16.1 Å². The third kappa shape index (κ3) is 2.86. The molecule has 0 saturated carbocycles. The molecule has 0 aliphatic carbocycles. The summed E-state index contributed by atoms with van der Waals surface area (Å²) in [5.41, 5.74) is 5.32. The van der Waals surface area contributed by atoms with Gasteiger partial charge in [-0.3, -0.25) is 0 Å². The van der Waals surface area contributed by atoms with Gasteiger partial charge in [-0.1, -0.05) is 0 Å². The van der Waals surface area contributed by atoms with Gasteiger partial charge in [0, 0.05) is 12.4 Å². The van der Waals surface area contributed by atoms with Crippen molar-refractivity contribution in [1.29, 1.82) is 0 Å². The first kappa shape index (κ1) is 14.6. The van der Waals surface area contributed by atoms with Crippen LogP contribution in [0.15, 0.2) is 0 Å². The predicted octanol–water partition coefficient (Wildman–Crippen LogP) is 1.19. The van der Waals surface area contributed by atoms with Gasteiger partial charge in [0.2, 0.25) is 0 Å². The van der Waals surface area contributed by atoms with Crippen molar-refractivity contribution < 1.29 is 13.2 Å². The van der Waals surface area contributed by atoms with Gasteiger partial charge in [-0.25, -0.2) is 8.42 Å². The maximum atomic E-state index is 12.5. The molecular weight excluding hydrogens is 270 g/mol. The summed E-state index contributed by atoms with van der Waals surface area (Å²) in [6.07, 6.45) is 2.87. The summed E-state index contributed by atoms with van der Waals surface area (Å²) in [6, 6.07) is 0. The number of hydrogen-bond donors (Lipinski definition) is 1. The molecular formula is C12H23NO3S2. The van der Waals surface area contributed by atoms with Crippen LogP contribution in [0.3, 0.4) is 0 Å². The van der Waals surface area contributed by atoms with Gasteiger partial charge in [0.15, 0.2) is 9.84 Å². The summed E-state index contributed by atoms with van der Waals surface area (Å²) < 4.78 is 30.9. The van der Waals surface area contributed by atoms with Crippen LogP contribution in [0.25, 0.3) is 0 Å². The first-order chi connectivity index (χ1) is 8.50. The molecule has 2 saturated heterocycles. The van der Waals surface area contributed by atoms with Crippen LogP contribution in [0.2, 0.25) is 0 Å². The maximum Gasteiger partial charge on any atom is 0.155 e. The van der Waals surface area contributed by atoms with Crippen LogP contribution < -0.4 is 5.73 Å². The zero-order valence-electron chi connectivity index (χ0n) is 10.9. The molecule has 0 aromatic rings. The molecule has 0 aromatic carbocycles. The van der Waals surface area contributed by atoms with Crippen molar-refractivity contribution in [3.05, 3.63) is 0 Å². The van der Waals surface area contributed by atoms with Gasteiger partial charge < -0.3 is 10.5 Å². The van der Waals surface area contributed by atoms with E-state index in [9.17, 15) is 8.42 Å². The molecule has 0 bridgehead atoms. The fraction of sp³-hybridized carbons (Fsp3) is 1.00. The van der Waals surface area contributed by atoms with Gasteiger partial charge in [0.05, 0.1) is 16.1 Å². The van der Waals surface area contributed by atoms with Crippen molar-refractivity contribution in [3.63, 3.8) is 0 Å². The monoisotopic (exact) mass is 293 g/mol. The van der Waals surface area contributed by atoms with Crippen molar-refractivity contribution in [3.8, 4) is 0 Å². The lowest BCUT2D eigenvalue weighted by molar-refractivity contribution is -0.0572. The van der Waals surface area contributed by atoms with E-state index in [1.54, 1.807) is 6.92 Å². The van der Waals surface area contributed by atoms with E-state index < -0.39 is 9.84 Å². The fourth-order valence-corrected chi connectivity index (χ4v) is 6.31. The van der Waals surface area contributed by atoms with Crippen LogP contribution in [-0.2, 0) is 14.6 Å². The van der Waals surface area contributed by atoms with Crippen LogP contribution in [0, 0.1) is 0 Å². The molecule has 3 unspecified atom stereocenters. The molecule has 2 fully saturated rings. The minimum absolute atomic E-state index is 0.164. The molecule has 2 rings (SSSR count). The Bertz CT molecular complexity index is 377. The van der Waals surface area contributed by atoms with Crippen molar-refractivity contribution in [1.82, 2.24) is 0 Å². The van der Waals surface area contributed by atoms with Gasteiger partial charge >= 0.3 is 0 Å². The van der Waals surface area contributed by atoms with Crippen LogP contribution in [0.4, 0.5) is 0 Å². The molecule has 0 aromatic heterocycles. The van der Waals surface area contributed by atoms with Crippen molar-refractivity contribution in [2.75, 3.05) is 24.7 Å². The highest BCUT2D eigenvalue weighted by Crippen LogP contribution is 2.40. The number of hydrogen-bond acceptors (Lipinski definition) is 5. The lowest BCUT2D eigenvalue weighted by Gasteiger charge is -2.38. The molecule has 2 heterocycles. The lowest BCUT2D eigenvalue weighted by Crippen LogP contribution is -2.46. The Morgan fingerprint density at radius 3 is 2.94 bits per heavy atom. The largest absolute Gasteiger partial charge is 0.374 e. The maximum absolute atomic E-state index is 12.5. The first-order valence-electron chi connectivity index (χ1n) is 6.65. The fourth-order valence-electron chi connectivity index (χ4n) is 2.85. The first-order valence-corrected chi connectivity index (χ1v) is 9.41. The van der Waals surface area contributed by atoms with E-state index in [0.717, 1.165) is 17.9 Å². The highest BCUT2D eigenvalue weighted by atomic mass is 32.2. The predicted molar refractivity (Wildman–Crippen MR) is 75.7 cm³/mol. The highest BCUT2D eigenvalue weighted by molar-refractivity contribution is 7.99. The highest BCUT2D eigenvalue weighted by Gasteiger charge is 2.45. The minimum Gasteiger partial charge on any atom is -0.374 e. The Labute approximate surface area is 114 Å². The number of sulfone groups is 1. The average molecular weight is 293 g/mol. The molecule has 2 aliphatic heterocycles. The number of nitrogens with two attached hydrogens (primary N) is 1. The molecule has 18 heavy (non-hydrogen) atoms. The molecule has 2 aliphatic rings. The molecule has 0 amide bonds. The Morgan fingerprint density at radius 2 is 2.33 bits per heavy atom. The smallest absolute Gasteiger partial charge is 0.155 e. The topological polar surface area (TPSA) is 69.4 Å². The molecule has 2 N–H and O–H groups in total. The molecule has 106 valence electrons. The van der Waals surface area contributed by atoms with Crippen LogP contribution in [0.1, 0.15) is 32.6 Å². The standard InChI is InChI=1S/C12H23NO3S2/c1-10(2-5-13)18(14,15)11-3-6-16-12(8-11)4-7-17-9-12/h10-11H,2-9,13H2,1H3. The summed E-state index contributed by atoms with van der Waals surface area (Å²) >= 11 is 1.87. The van der Waals surface area contributed by atoms with Gasteiger partial charge in [0.1, 0.15) is 0 Å². The SMILES string of the molecule is CC(CCN)S(=O)(=O)C1CCOC2(CCSC2)C1. The van der Waals surface area contributed by atoms with E-state index in [4.69, 9.17) is 10.5 Å². The third-order valence-electron chi connectivity index (χ3n) is 4.11. The van der Waals surface area contributed by atoms with E-state index in [1.807, 2.05) is 11.8 Å². The third-order valence-corrected chi connectivity index (χ3v) is 8.03. The van der Waals surface area contributed by atoms with E-state index in [2.05, 4.69) is 0 Å². The van der Waals surface area contributed by atoms with Gasteiger partial charge in [0.25, 0.3) is 0 Å². The van der Waals surface area contributed by atoms with Crippen molar-refractivity contribution in [2.45, 2.75) is 48.7 Å². The van der Waals surface area contributed by atoms with Crippen LogP contribution in [-0.4, -0.2) is 49.2 Å². The van der Waals surface area contributed by atoms with Crippen LogP contribution in [0.5, 0.6) is 0 Å². The van der Waals surface area contributed by atoms with E-state index in [1.165, 1.54) is 0 Å². The second-order valence-electron chi connectivity index (χ2n) is 5.43. The molecule has 0 radical (unpaired) electrons. The van der Waals surface area contributed by atoms with Gasteiger partial charge in [-0.05, 0) is 44.9 Å². The summed E-state index contributed by atoms with van der Waals surface area (Å²) in [4.78, 5) is 0. The Hall–Kier alpha value is 0.220. The summed E-state index contributed by atoms with van der Waals surface area (Å²) in [7, 11) is -3.06. The quantitative estimate of drug-likeness (QED) is 0.843. The van der Waals surface area contributed by atoms with Crippen LogP contribution >= 0.6 is 11.8 Å². The van der Waals surface area contributed by atoms with E-state index >= 15 is 0 Å². The minimum atomic E-state index is -3.06. The Morgan fingerprint density at radius 1 is 1.56 bits per heavy atom. The van der Waals surface area contributed by atoms with Gasteiger partial charge in [-0.2, -0.15) is 11.8 Å². The Kier molecular flexibility index (Phi) is 4.62. The molecule has 3 atom stereocenters.